The molecule has 32 heavy (non-hydrogen) atoms. The van der Waals surface area contributed by atoms with Crippen LogP contribution in [-0.2, 0) is 32.7 Å². The molecule has 0 atom stereocenters. The molecule has 0 unspecified atom stereocenters. The summed E-state index contributed by atoms with van der Waals surface area (Å²) in [5.41, 5.74) is 1.53. The molecule has 0 aliphatic carbocycles. The SMILES string of the molecule is Cc1cc(-n2[c-]cc(C)n2)nc(C(C)(C)c2cccc(-n3[c-]cc(C(F)(F)F)n3)n2)c1.[Pt+2]. The molecule has 4 rings (SSSR count). The maximum atomic E-state index is 12.9. The van der Waals surface area contributed by atoms with Crippen LogP contribution in [0, 0.1) is 26.2 Å². The van der Waals surface area contributed by atoms with E-state index in [1.807, 2.05) is 45.9 Å². The summed E-state index contributed by atoms with van der Waals surface area (Å²) in [4.78, 5) is 9.31. The quantitative estimate of drug-likeness (QED) is 0.318. The molecular weight excluding hydrogens is 600 g/mol. The predicted molar refractivity (Wildman–Crippen MR) is 107 cm³/mol. The van der Waals surface area contributed by atoms with Gasteiger partial charge in [-0.05, 0) is 38.6 Å². The van der Waals surface area contributed by atoms with Gasteiger partial charge < -0.3 is 9.36 Å². The normalized spacial score (nSPS) is 12.0. The number of pyridine rings is 2. The minimum absolute atomic E-state index is 0. The second-order valence-electron chi connectivity index (χ2n) is 7.79. The average molecular weight is 620 g/mol. The van der Waals surface area contributed by atoms with E-state index in [-0.39, 0.29) is 26.9 Å². The summed E-state index contributed by atoms with van der Waals surface area (Å²) in [6, 6.07) is 11.6. The van der Waals surface area contributed by atoms with Crippen LogP contribution in [0.5, 0.6) is 0 Å². The summed E-state index contributed by atoms with van der Waals surface area (Å²) < 4.78 is 41.3. The molecule has 6 nitrogen and oxygen atoms in total. The van der Waals surface area contributed by atoms with Crippen LogP contribution in [-0.4, -0.2) is 29.5 Å². The Hall–Kier alpha value is -2.80. The number of aromatic nitrogens is 6. The zero-order chi connectivity index (χ0) is 22.4. The monoisotopic (exact) mass is 619 g/mol. The van der Waals surface area contributed by atoms with Crippen LogP contribution < -0.4 is 0 Å². The Labute approximate surface area is 197 Å². The van der Waals surface area contributed by atoms with E-state index in [0.29, 0.717) is 11.5 Å². The van der Waals surface area contributed by atoms with Gasteiger partial charge in [0, 0.05) is 16.8 Å². The van der Waals surface area contributed by atoms with Crippen molar-refractivity contribution in [3.8, 4) is 11.6 Å². The molecular formula is C22H19F3N6Pt. The molecule has 168 valence electrons. The van der Waals surface area contributed by atoms with Crippen molar-refractivity contribution in [1.82, 2.24) is 29.5 Å². The summed E-state index contributed by atoms with van der Waals surface area (Å²) in [7, 11) is 0. The summed E-state index contributed by atoms with van der Waals surface area (Å²) >= 11 is 0. The fourth-order valence-electron chi connectivity index (χ4n) is 3.13. The van der Waals surface area contributed by atoms with Crippen LogP contribution >= 0.6 is 0 Å². The van der Waals surface area contributed by atoms with Crippen LogP contribution in [0.15, 0.2) is 42.5 Å². The third-order valence-electron chi connectivity index (χ3n) is 4.88. The van der Waals surface area contributed by atoms with E-state index in [2.05, 4.69) is 27.6 Å². The van der Waals surface area contributed by atoms with Crippen molar-refractivity contribution >= 4 is 0 Å². The Bertz CT molecular complexity index is 1240. The fourth-order valence-corrected chi connectivity index (χ4v) is 3.13. The minimum Gasteiger partial charge on any atom is -0.343 e. The molecule has 0 fully saturated rings. The van der Waals surface area contributed by atoms with Gasteiger partial charge in [-0.3, -0.25) is 20.2 Å². The van der Waals surface area contributed by atoms with Crippen LogP contribution in [0.3, 0.4) is 0 Å². The largest absolute Gasteiger partial charge is 2.00 e. The van der Waals surface area contributed by atoms with Gasteiger partial charge in [0.1, 0.15) is 0 Å². The molecule has 0 radical (unpaired) electrons. The zero-order valence-corrected chi connectivity index (χ0v) is 19.9. The molecule has 4 aromatic heterocycles. The van der Waals surface area contributed by atoms with E-state index in [4.69, 9.17) is 4.98 Å². The minimum atomic E-state index is -4.54. The third-order valence-corrected chi connectivity index (χ3v) is 4.88. The van der Waals surface area contributed by atoms with Gasteiger partial charge >= 0.3 is 27.2 Å². The number of hydrogen-bond donors (Lipinski definition) is 0. The Morgan fingerprint density at radius 1 is 0.812 bits per heavy atom. The van der Waals surface area contributed by atoms with Gasteiger partial charge in [-0.25, -0.2) is 0 Å². The van der Waals surface area contributed by atoms with E-state index in [1.54, 1.807) is 22.9 Å². The van der Waals surface area contributed by atoms with E-state index < -0.39 is 17.3 Å². The second kappa shape index (κ2) is 8.62. The first-order valence-electron chi connectivity index (χ1n) is 9.51. The molecule has 0 N–H and O–H groups in total. The molecule has 0 bridgehead atoms. The van der Waals surface area contributed by atoms with Crippen LogP contribution in [0.25, 0.3) is 11.6 Å². The van der Waals surface area contributed by atoms with Crippen molar-refractivity contribution in [3.63, 3.8) is 0 Å². The standard InChI is InChI=1S/C22H19F3N6.Pt/c1-14-12-18(27-20(13-14)31-10-8-15(2)28-31)21(3,4)16-6-5-7-19(26-16)30-11-9-17(29-30)22(23,24)25;/h5-9,12-13H,1-4H3;/q-2;+2. The molecule has 0 spiro atoms. The number of halogens is 3. The van der Waals surface area contributed by atoms with Gasteiger partial charge in [-0.15, -0.1) is 12.1 Å². The van der Waals surface area contributed by atoms with Crippen LogP contribution in [0.1, 0.15) is 42.2 Å². The van der Waals surface area contributed by atoms with Gasteiger partial charge in [-0.2, -0.15) is 13.2 Å². The zero-order valence-electron chi connectivity index (χ0n) is 17.7. The maximum absolute atomic E-state index is 12.9. The summed E-state index contributed by atoms with van der Waals surface area (Å²) in [6.07, 6.45) is 0.974. The van der Waals surface area contributed by atoms with Gasteiger partial charge in [0.25, 0.3) is 0 Å². The van der Waals surface area contributed by atoms with E-state index in [9.17, 15) is 13.2 Å². The van der Waals surface area contributed by atoms with Gasteiger partial charge in [0.05, 0.1) is 17.3 Å². The number of aryl methyl sites for hydroxylation is 2. The molecule has 0 aliphatic rings. The van der Waals surface area contributed by atoms with Crippen molar-refractivity contribution in [2.24, 2.45) is 0 Å². The molecule has 0 saturated carbocycles. The first-order valence-corrected chi connectivity index (χ1v) is 9.51. The molecule has 4 heterocycles. The van der Waals surface area contributed by atoms with E-state index >= 15 is 0 Å². The smallest absolute Gasteiger partial charge is 0.343 e. The van der Waals surface area contributed by atoms with Crippen LogP contribution in [0.2, 0.25) is 0 Å². The van der Waals surface area contributed by atoms with Gasteiger partial charge in [0.15, 0.2) is 0 Å². The summed E-state index contributed by atoms with van der Waals surface area (Å²) in [6.45, 7) is 7.75. The molecule has 0 amide bonds. The number of nitrogens with zero attached hydrogens (tertiary/aromatic N) is 6. The van der Waals surface area contributed by atoms with E-state index in [0.717, 1.165) is 27.7 Å². The average Bonchev–Trinajstić information content (AvgIpc) is 3.37. The Balaban J connectivity index is 0.00000289. The van der Waals surface area contributed by atoms with Crippen molar-refractivity contribution in [2.75, 3.05) is 0 Å². The van der Waals surface area contributed by atoms with Crippen molar-refractivity contribution in [2.45, 2.75) is 39.3 Å². The predicted octanol–water partition coefficient (Wildman–Crippen LogP) is 4.41. The fraction of sp³-hybridized carbons (Fsp3) is 0.273. The molecule has 0 aliphatic heterocycles. The molecule has 0 aromatic carbocycles. The van der Waals surface area contributed by atoms with E-state index in [1.165, 1.54) is 0 Å². The Morgan fingerprint density at radius 2 is 1.47 bits per heavy atom. The van der Waals surface area contributed by atoms with Crippen molar-refractivity contribution in [3.05, 3.63) is 83.2 Å². The van der Waals surface area contributed by atoms with Crippen LogP contribution in [0.4, 0.5) is 13.2 Å². The number of rotatable bonds is 4. The molecule has 10 heteroatoms. The van der Waals surface area contributed by atoms with Crippen molar-refractivity contribution in [1.29, 1.82) is 0 Å². The van der Waals surface area contributed by atoms with Gasteiger partial charge in [0.2, 0.25) is 0 Å². The molecule has 4 aromatic rings. The first kappa shape index (κ1) is 23.9. The molecule has 0 saturated heterocycles. The summed E-state index contributed by atoms with van der Waals surface area (Å²) in [5.74, 6) is 0.868. The maximum Gasteiger partial charge on any atom is 2.00 e. The summed E-state index contributed by atoms with van der Waals surface area (Å²) in [5, 5.41) is 7.93. The number of hydrogen-bond acceptors (Lipinski definition) is 4. The number of alkyl halides is 3. The van der Waals surface area contributed by atoms with Crippen molar-refractivity contribution < 1.29 is 34.2 Å². The van der Waals surface area contributed by atoms with Gasteiger partial charge in [-0.1, -0.05) is 43.1 Å². The Morgan fingerprint density at radius 3 is 2.09 bits per heavy atom. The second-order valence-corrected chi connectivity index (χ2v) is 7.79. The third kappa shape index (κ3) is 4.67. The first-order chi connectivity index (χ1) is 14.5. The Kier molecular flexibility index (Phi) is 6.42. The topological polar surface area (TPSA) is 61.4 Å².